The molecule has 2 saturated heterocycles. The lowest BCUT2D eigenvalue weighted by molar-refractivity contribution is -0.162. The van der Waals surface area contributed by atoms with E-state index in [0.29, 0.717) is 18.1 Å². The minimum atomic E-state index is 0.0570. The van der Waals surface area contributed by atoms with Crippen molar-refractivity contribution in [2.45, 2.75) is 57.0 Å². The fourth-order valence-corrected chi connectivity index (χ4v) is 2.35. The van der Waals surface area contributed by atoms with Gasteiger partial charge in [-0.15, -0.1) is 11.6 Å². The first-order valence-electron chi connectivity index (χ1n) is 6.35. The second-order valence-electron chi connectivity index (χ2n) is 4.53. The third kappa shape index (κ3) is 4.21. The quantitative estimate of drug-likeness (QED) is 0.394. The first kappa shape index (κ1) is 12.6. The molecule has 3 atom stereocenters. The topological polar surface area (TPSA) is 31.0 Å². The fourth-order valence-electron chi connectivity index (χ4n) is 2.07. The van der Waals surface area contributed by atoms with Gasteiger partial charge in [-0.2, -0.15) is 0 Å². The highest BCUT2D eigenvalue weighted by molar-refractivity contribution is 6.18. The van der Waals surface area contributed by atoms with Crippen molar-refractivity contribution >= 4 is 11.6 Å². The molecule has 2 rings (SSSR count). The number of alkyl halides is 1. The van der Waals surface area contributed by atoms with E-state index in [1.807, 2.05) is 0 Å². The van der Waals surface area contributed by atoms with Crippen molar-refractivity contribution in [2.24, 2.45) is 0 Å². The smallest absolute Gasteiger partial charge is 0.157 e. The van der Waals surface area contributed by atoms with E-state index >= 15 is 0 Å². The Morgan fingerprint density at radius 1 is 1.19 bits per heavy atom. The molecular weight excluding hydrogens is 228 g/mol. The van der Waals surface area contributed by atoms with Gasteiger partial charge in [-0.25, -0.2) is 0 Å². The maximum Gasteiger partial charge on any atom is 0.157 e. The van der Waals surface area contributed by atoms with Crippen LogP contribution in [0.3, 0.4) is 0 Å². The zero-order valence-electron chi connectivity index (χ0n) is 9.70. The molecule has 0 bridgehead atoms. The summed E-state index contributed by atoms with van der Waals surface area (Å²) >= 11 is 5.67. The van der Waals surface area contributed by atoms with Crippen molar-refractivity contribution in [1.29, 1.82) is 0 Å². The summed E-state index contributed by atoms with van der Waals surface area (Å²) in [4.78, 5) is 0. The molecule has 0 amide bonds. The van der Waals surface area contributed by atoms with E-state index in [1.54, 1.807) is 0 Å². The summed E-state index contributed by atoms with van der Waals surface area (Å²) in [6.45, 7) is 1.67. The van der Waals surface area contributed by atoms with E-state index in [4.69, 9.17) is 25.8 Å². The summed E-state index contributed by atoms with van der Waals surface area (Å²) in [7, 11) is 0. The molecule has 2 heterocycles. The number of ether oxygens (including phenoxy) is 3. The third-order valence-corrected chi connectivity index (χ3v) is 3.47. The van der Waals surface area contributed by atoms with Gasteiger partial charge in [0.1, 0.15) is 0 Å². The zero-order chi connectivity index (χ0) is 11.2. The van der Waals surface area contributed by atoms with Gasteiger partial charge in [-0.05, 0) is 38.5 Å². The van der Waals surface area contributed by atoms with Crippen LogP contribution < -0.4 is 0 Å². The van der Waals surface area contributed by atoms with E-state index in [0.717, 1.165) is 38.9 Å². The van der Waals surface area contributed by atoms with Crippen LogP contribution in [0.5, 0.6) is 0 Å². The molecule has 1 unspecified atom stereocenters. The highest BCUT2D eigenvalue weighted by atomic mass is 35.5. The largest absolute Gasteiger partial charge is 0.368 e. The molecular formula is C12H21ClO3. The summed E-state index contributed by atoms with van der Waals surface area (Å²) in [5.41, 5.74) is 0. The highest BCUT2D eigenvalue weighted by Crippen LogP contribution is 2.27. The summed E-state index contributed by atoms with van der Waals surface area (Å²) in [5.74, 6) is 0.636. The lowest BCUT2D eigenvalue weighted by atomic mass is 10.1. The van der Waals surface area contributed by atoms with Crippen molar-refractivity contribution in [3.05, 3.63) is 0 Å². The average molecular weight is 249 g/mol. The van der Waals surface area contributed by atoms with Crippen LogP contribution in [0.25, 0.3) is 0 Å². The van der Waals surface area contributed by atoms with Crippen LogP contribution in [0, 0.1) is 0 Å². The number of epoxide rings is 1. The van der Waals surface area contributed by atoms with Crippen molar-refractivity contribution in [1.82, 2.24) is 0 Å². The number of unbranched alkanes of at least 4 members (excludes halogenated alkanes) is 1. The molecule has 0 spiro atoms. The van der Waals surface area contributed by atoms with Crippen molar-refractivity contribution in [3.8, 4) is 0 Å². The average Bonchev–Trinajstić information content (AvgIpc) is 3.09. The van der Waals surface area contributed by atoms with Crippen molar-refractivity contribution < 1.29 is 14.2 Å². The van der Waals surface area contributed by atoms with Crippen LogP contribution in [0.4, 0.5) is 0 Å². The lowest BCUT2D eigenvalue weighted by Crippen LogP contribution is -2.22. The molecule has 0 saturated carbocycles. The Labute approximate surface area is 102 Å². The van der Waals surface area contributed by atoms with Crippen molar-refractivity contribution in [2.75, 3.05) is 19.1 Å². The predicted molar refractivity (Wildman–Crippen MR) is 62.8 cm³/mol. The standard InChI is InChI=1S/C12H21ClO3/c13-9-11-10(16-11)5-1-3-7-14-12-6-2-4-8-15-12/h10-12H,1-9H2/t10-,11-,12?/m1/s1. The Balaban J connectivity index is 1.40. The number of halogens is 1. The summed E-state index contributed by atoms with van der Waals surface area (Å²) in [6, 6.07) is 0. The van der Waals surface area contributed by atoms with Gasteiger partial charge in [0.15, 0.2) is 6.29 Å². The van der Waals surface area contributed by atoms with Gasteiger partial charge in [0.05, 0.1) is 18.1 Å². The first-order valence-corrected chi connectivity index (χ1v) is 6.88. The molecule has 16 heavy (non-hydrogen) atoms. The van der Waals surface area contributed by atoms with Crippen LogP contribution in [0.1, 0.15) is 38.5 Å². The Hall–Kier alpha value is 0.170. The molecule has 0 radical (unpaired) electrons. The predicted octanol–water partition coefficient (Wildman–Crippen LogP) is 2.71. The molecule has 2 fully saturated rings. The van der Waals surface area contributed by atoms with Gasteiger partial charge in [0, 0.05) is 13.2 Å². The van der Waals surface area contributed by atoms with Crippen LogP contribution in [-0.4, -0.2) is 37.6 Å². The Morgan fingerprint density at radius 3 is 2.81 bits per heavy atom. The third-order valence-electron chi connectivity index (χ3n) is 3.16. The number of rotatable bonds is 7. The normalized spacial score (nSPS) is 33.9. The Kier molecular flexibility index (Phi) is 5.36. The monoisotopic (exact) mass is 248 g/mol. The molecule has 0 aromatic rings. The summed E-state index contributed by atoms with van der Waals surface area (Å²) in [5, 5.41) is 0. The fraction of sp³-hybridized carbons (Fsp3) is 1.00. The van der Waals surface area contributed by atoms with Gasteiger partial charge >= 0.3 is 0 Å². The summed E-state index contributed by atoms with van der Waals surface area (Å²) in [6.07, 6.45) is 7.64. The van der Waals surface area contributed by atoms with E-state index in [1.165, 1.54) is 12.8 Å². The number of hydrogen-bond acceptors (Lipinski definition) is 3. The van der Waals surface area contributed by atoms with Gasteiger partial charge in [0.2, 0.25) is 0 Å². The van der Waals surface area contributed by atoms with Crippen LogP contribution in [-0.2, 0) is 14.2 Å². The molecule has 3 nitrogen and oxygen atoms in total. The molecule has 0 aromatic heterocycles. The molecule has 2 aliphatic rings. The van der Waals surface area contributed by atoms with Crippen LogP contribution >= 0.6 is 11.6 Å². The highest BCUT2D eigenvalue weighted by Gasteiger charge is 2.36. The second-order valence-corrected chi connectivity index (χ2v) is 4.84. The Bertz CT molecular complexity index is 195. The van der Waals surface area contributed by atoms with Gasteiger partial charge in [-0.3, -0.25) is 0 Å². The van der Waals surface area contributed by atoms with Gasteiger partial charge < -0.3 is 14.2 Å². The maximum absolute atomic E-state index is 5.67. The first-order chi connectivity index (χ1) is 7.90. The lowest BCUT2D eigenvalue weighted by Gasteiger charge is -2.22. The van der Waals surface area contributed by atoms with E-state index in [2.05, 4.69) is 0 Å². The minimum absolute atomic E-state index is 0.0570. The molecule has 0 aliphatic carbocycles. The van der Waals surface area contributed by atoms with E-state index in [-0.39, 0.29) is 6.29 Å². The molecule has 94 valence electrons. The second kappa shape index (κ2) is 6.80. The van der Waals surface area contributed by atoms with E-state index < -0.39 is 0 Å². The molecule has 4 heteroatoms. The zero-order valence-corrected chi connectivity index (χ0v) is 10.5. The van der Waals surface area contributed by atoms with Crippen LogP contribution in [0.2, 0.25) is 0 Å². The van der Waals surface area contributed by atoms with E-state index in [9.17, 15) is 0 Å². The molecule has 0 N–H and O–H groups in total. The molecule has 0 aromatic carbocycles. The number of hydrogen-bond donors (Lipinski definition) is 0. The van der Waals surface area contributed by atoms with Gasteiger partial charge in [-0.1, -0.05) is 0 Å². The van der Waals surface area contributed by atoms with Crippen molar-refractivity contribution in [3.63, 3.8) is 0 Å². The Morgan fingerprint density at radius 2 is 2.12 bits per heavy atom. The summed E-state index contributed by atoms with van der Waals surface area (Å²) < 4.78 is 16.5. The van der Waals surface area contributed by atoms with Gasteiger partial charge in [0.25, 0.3) is 0 Å². The molecule has 2 aliphatic heterocycles. The maximum atomic E-state index is 5.67. The SMILES string of the molecule is ClC[C@H]1O[C@@H]1CCCCOC1CCCCO1. The van der Waals surface area contributed by atoms with Crippen LogP contribution in [0.15, 0.2) is 0 Å². The minimum Gasteiger partial charge on any atom is -0.368 e.